The molecule has 1 aliphatic rings. The van der Waals surface area contributed by atoms with Gasteiger partial charge in [-0.15, -0.1) is 0 Å². The number of allylic oxidation sites excluding steroid dienone is 1. The molecule has 0 bridgehead atoms. The molecule has 0 saturated heterocycles. The number of hydrogen-bond donors (Lipinski definition) is 1. The van der Waals surface area contributed by atoms with Crippen LogP contribution in [0.15, 0.2) is 18.1 Å². The second-order valence-electron chi connectivity index (χ2n) is 4.88. The fourth-order valence-corrected chi connectivity index (χ4v) is 2.46. The predicted octanol–water partition coefficient (Wildman–Crippen LogP) is 3.50. The van der Waals surface area contributed by atoms with Crippen LogP contribution < -0.4 is 0 Å². The first-order valence-electron chi connectivity index (χ1n) is 5.87. The van der Waals surface area contributed by atoms with Crippen molar-refractivity contribution in [3.05, 3.63) is 23.8 Å². The van der Waals surface area contributed by atoms with Gasteiger partial charge in [0.2, 0.25) is 0 Å². The Morgan fingerprint density at radius 2 is 2.20 bits per heavy atom. The molecule has 1 aromatic rings. The Kier molecular flexibility index (Phi) is 2.94. The fraction of sp³-hybridized carbons (Fsp3) is 0.615. The van der Waals surface area contributed by atoms with Gasteiger partial charge in [0.25, 0.3) is 0 Å². The third-order valence-corrected chi connectivity index (χ3v) is 4.01. The maximum Gasteiger partial charge on any atom is 0.0927 e. The summed E-state index contributed by atoms with van der Waals surface area (Å²) in [7, 11) is 0. The molecule has 2 rings (SSSR count). The Labute approximate surface area is 91.8 Å². The molecule has 2 nitrogen and oxygen atoms in total. The van der Waals surface area contributed by atoms with Crippen molar-refractivity contribution < 1.29 is 0 Å². The van der Waals surface area contributed by atoms with E-state index in [9.17, 15) is 0 Å². The standard InChI is InChI=1S/C13H20N2/c1-9-4-5-12(11(3)10(9)2)6-13-7-14-8-15-13/h6-11H,4-5H2,1-3H3,(H,14,15)/b12-6-. The summed E-state index contributed by atoms with van der Waals surface area (Å²) in [5, 5.41) is 0. The Balaban J connectivity index is 2.17. The minimum atomic E-state index is 0.699. The lowest BCUT2D eigenvalue weighted by molar-refractivity contribution is 0.253. The second kappa shape index (κ2) is 4.21. The summed E-state index contributed by atoms with van der Waals surface area (Å²) in [6.07, 6.45) is 8.51. The van der Waals surface area contributed by atoms with Gasteiger partial charge in [-0.25, -0.2) is 4.98 Å². The van der Waals surface area contributed by atoms with Crippen molar-refractivity contribution in [2.45, 2.75) is 33.6 Å². The monoisotopic (exact) mass is 204 g/mol. The number of aromatic amines is 1. The highest BCUT2D eigenvalue weighted by molar-refractivity contribution is 5.48. The largest absolute Gasteiger partial charge is 0.351 e. The van der Waals surface area contributed by atoms with Crippen molar-refractivity contribution in [1.29, 1.82) is 0 Å². The van der Waals surface area contributed by atoms with Crippen molar-refractivity contribution in [2.24, 2.45) is 17.8 Å². The van der Waals surface area contributed by atoms with Gasteiger partial charge in [0, 0.05) is 6.20 Å². The quantitative estimate of drug-likeness (QED) is 0.745. The zero-order valence-electron chi connectivity index (χ0n) is 9.83. The highest BCUT2D eigenvalue weighted by atomic mass is 14.8. The summed E-state index contributed by atoms with van der Waals surface area (Å²) in [5.74, 6) is 2.35. The molecule has 3 unspecified atom stereocenters. The van der Waals surface area contributed by atoms with Crippen LogP contribution in [0.5, 0.6) is 0 Å². The molecular formula is C13H20N2. The zero-order chi connectivity index (χ0) is 10.8. The third-order valence-electron chi connectivity index (χ3n) is 4.01. The van der Waals surface area contributed by atoms with Crippen LogP contribution in [0.25, 0.3) is 6.08 Å². The second-order valence-corrected chi connectivity index (χ2v) is 4.88. The van der Waals surface area contributed by atoms with Gasteiger partial charge < -0.3 is 4.98 Å². The number of nitrogens with zero attached hydrogens (tertiary/aromatic N) is 1. The highest BCUT2D eigenvalue weighted by Gasteiger charge is 2.27. The van der Waals surface area contributed by atoms with E-state index in [0.29, 0.717) is 5.92 Å². The van der Waals surface area contributed by atoms with Gasteiger partial charge in [0.1, 0.15) is 0 Å². The molecule has 1 fully saturated rings. The summed E-state index contributed by atoms with van der Waals surface area (Å²) >= 11 is 0. The fourth-order valence-electron chi connectivity index (χ4n) is 2.46. The molecule has 0 amide bonds. The molecule has 1 aromatic heterocycles. The van der Waals surface area contributed by atoms with E-state index < -0.39 is 0 Å². The van der Waals surface area contributed by atoms with Crippen LogP contribution in [0.4, 0.5) is 0 Å². The number of nitrogens with one attached hydrogen (secondary N) is 1. The van der Waals surface area contributed by atoms with E-state index in [1.165, 1.54) is 12.8 Å². The first-order chi connectivity index (χ1) is 7.18. The number of H-pyrrole nitrogens is 1. The maximum atomic E-state index is 4.26. The maximum absolute atomic E-state index is 4.26. The molecule has 15 heavy (non-hydrogen) atoms. The lowest BCUT2D eigenvalue weighted by Gasteiger charge is -2.34. The Morgan fingerprint density at radius 3 is 2.87 bits per heavy atom. The summed E-state index contributed by atoms with van der Waals surface area (Å²) in [6.45, 7) is 7.08. The van der Waals surface area contributed by atoms with Crippen LogP contribution in [0.2, 0.25) is 0 Å². The molecule has 1 aliphatic carbocycles. The van der Waals surface area contributed by atoms with Crippen molar-refractivity contribution in [3.8, 4) is 0 Å². The van der Waals surface area contributed by atoms with E-state index >= 15 is 0 Å². The molecule has 0 radical (unpaired) electrons. The molecular weight excluding hydrogens is 184 g/mol. The lowest BCUT2D eigenvalue weighted by Crippen LogP contribution is -2.23. The minimum absolute atomic E-state index is 0.699. The van der Waals surface area contributed by atoms with Crippen LogP contribution in [-0.2, 0) is 0 Å². The van der Waals surface area contributed by atoms with E-state index in [2.05, 4.69) is 36.8 Å². The van der Waals surface area contributed by atoms with Gasteiger partial charge in [0.15, 0.2) is 0 Å². The zero-order valence-corrected chi connectivity index (χ0v) is 9.83. The van der Waals surface area contributed by atoms with Crippen molar-refractivity contribution in [1.82, 2.24) is 9.97 Å². The van der Waals surface area contributed by atoms with Crippen molar-refractivity contribution in [3.63, 3.8) is 0 Å². The molecule has 1 N–H and O–H groups in total. The molecule has 0 aromatic carbocycles. The number of rotatable bonds is 1. The van der Waals surface area contributed by atoms with E-state index in [1.807, 2.05) is 6.20 Å². The lowest BCUT2D eigenvalue weighted by atomic mass is 9.72. The van der Waals surface area contributed by atoms with Crippen LogP contribution in [0.3, 0.4) is 0 Å². The summed E-state index contributed by atoms with van der Waals surface area (Å²) in [6, 6.07) is 0. The smallest absolute Gasteiger partial charge is 0.0927 e. The first kappa shape index (κ1) is 10.5. The minimum Gasteiger partial charge on any atom is -0.351 e. The van der Waals surface area contributed by atoms with Gasteiger partial charge in [0.05, 0.1) is 12.0 Å². The number of hydrogen-bond acceptors (Lipinski definition) is 1. The van der Waals surface area contributed by atoms with Crippen LogP contribution in [0.1, 0.15) is 39.3 Å². The van der Waals surface area contributed by atoms with Gasteiger partial charge in [-0.2, -0.15) is 0 Å². The summed E-state index contributed by atoms with van der Waals surface area (Å²) < 4.78 is 0. The van der Waals surface area contributed by atoms with E-state index in [4.69, 9.17) is 0 Å². The molecule has 3 atom stereocenters. The van der Waals surface area contributed by atoms with Gasteiger partial charge in [-0.1, -0.05) is 26.3 Å². The van der Waals surface area contributed by atoms with Crippen molar-refractivity contribution in [2.75, 3.05) is 0 Å². The van der Waals surface area contributed by atoms with Crippen molar-refractivity contribution >= 4 is 6.08 Å². The van der Waals surface area contributed by atoms with Gasteiger partial charge in [-0.05, 0) is 36.7 Å². The van der Waals surface area contributed by atoms with Crippen LogP contribution in [0, 0.1) is 17.8 Å². The molecule has 0 aliphatic heterocycles. The summed E-state index contributed by atoms with van der Waals surface area (Å²) in [4.78, 5) is 7.26. The number of imidazole rings is 1. The molecule has 1 heterocycles. The topological polar surface area (TPSA) is 28.7 Å². The first-order valence-corrected chi connectivity index (χ1v) is 5.87. The van der Waals surface area contributed by atoms with E-state index in [0.717, 1.165) is 17.5 Å². The summed E-state index contributed by atoms with van der Waals surface area (Å²) in [5.41, 5.74) is 2.63. The predicted molar refractivity (Wildman–Crippen MR) is 63.3 cm³/mol. The average Bonchev–Trinajstić information content (AvgIpc) is 2.72. The Bertz CT molecular complexity index is 337. The normalized spacial score (nSPS) is 34.6. The highest BCUT2D eigenvalue weighted by Crippen LogP contribution is 2.38. The van der Waals surface area contributed by atoms with Gasteiger partial charge in [-0.3, -0.25) is 0 Å². The molecule has 1 saturated carbocycles. The van der Waals surface area contributed by atoms with Crippen LogP contribution >= 0.6 is 0 Å². The molecule has 0 spiro atoms. The third kappa shape index (κ3) is 2.14. The molecule has 82 valence electrons. The molecule has 2 heteroatoms. The average molecular weight is 204 g/mol. The van der Waals surface area contributed by atoms with Gasteiger partial charge >= 0.3 is 0 Å². The SMILES string of the molecule is CC1CC/C(=C/c2c[nH]cn2)C(C)C1C. The Hall–Kier alpha value is -1.05. The Morgan fingerprint density at radius 1 is 1.40 bits per heavy atom. The van der Waals surface area contributed by atoms with E-state index in [-0.39, 0.29) is 0 Å². The van der Waals surface area contributed by atoms with Crippen LogP contribution in [-0.4, -0.2) is 9.97 Å². The van der Waals surface area contributed by atoms with E-state index in [1.54, 1.807) is 11.9 Å². The number of aromatic nitrogens is 2.